The number of Topliss-reactive ketones (excluding diaryl/α,β-unsaturated/α-hetero) is 2. The number of rotatable bonds is 7. The molecule has 1 aliphatic rings. The van der Waals surface area contributed by atoms with Gasteiger partial charge in [0.15, 0.2) is 0 Å². The van der Waals surface area contributed by atoms with Gasteiger partial charge >= 0.3 is 6.36 Å². The third-order valence-corrected chi connectivity index (χ3v) is 4.84. The highest BCUT2D eigenvalue weighted by atomic mass is 19.4. The Morgan fingerprint density at radius 3 is 2.23 bits per heavy atom. The van der Waals surface area contributed by atoms with E-state index in [0.29, 0.717) is 5.56 Å². The van der Waals surface area contributed by atoms with Crippen LogP contribution in [0.4, 0.5) is 17.6 Å². The van der Waals surface area contributed by atoms with Crippen molar-refractivity contribution in [1.82, 2.24) is 0 Å². The van der Waals surface area contributed by atoms with Crippen molar-refractivity contribution in [1.29, 1.82) is 0 Å². The highest BCUT2D eigenvalue weighted by Gasteiger charge is 2.38. The number of benzene rings is 2. The van der Waals surface area contributed by atoms with Crippen molar-refractivity contribution in [3.05, 3.63) is 89.8 Å². The minimum Gasteiger partial charge on any atom is -0.406 e. The van der Waals surface area contributed by atoms with Gasteiger partial charge < -0.3 is 9.47 Å². The minimum atomic E-state index is -4.83. The molecule has 0 aromatic heterocycles. The number of ketones is 2. The lowest BCUT2D eigenvalue weighted by Gasteiger charge is -2.30. The van der Waals surface area contributed by atoms with Crippen LogP contribution in [0.5, 0.6) is 5.75 Å². The lowest BCUT2D eigenvalue weighted by molar-refractivity contribution is -0.274. The van der Waals surface area contributed by atoms with Crippen LogP contribution in [-0.4, -0.2) is 25.0 Å². The summed E-state index contributed by atoms with van der Waals surface area (Å²) in [5, 5.41) is 0. The van der Waals surface area contributed by atoms with E-state index >= 15 is 0 Å². The minimum absolute atomic E-state index is 0.178. The molecule has 2 aromatic carbocycles. The van der Waals surface area contributed by atoms with Gasteiger partial charge in [-0.05, 0) is 29.8 Å². The summed E-state index contributed by atoms with van der Waals surface area (Å²) in [4.78, 5) is 25.6. The Morgan fingerprint density at radius 1 is 1.00 bits per heavy atom. The summed E-state index contributed by atoms with van der Waals surface area (Å²) in [5.74, 6) is -4.55. The fourth-order valence-electron chi connectivity index (χ4n) is 3.46. The Labute approximate surface area is 175 Å². The first kappa shape index (κ1) is 22.4. The molecule has 3 rings (SSSR count). The number of halogens is 4. The first-order valence-electron chi connectivity index (χ1n) is 9.27. The normalized spacial score (nSPS) is 19.5. The average Bonchev–Trinajstić information content (AvgIpc) is 2.75. The molecule has 0 saturated heterocycles. The summed E-state index contributed by atoms with van der Waals surface area (Å²) in [5.41, 5.74) is 0.615. The molecule has 0 saturated carbocycles. The van der Waals surface area contributed by atoms with Crippen LogP contribution in [0.25, 0.3) is 0 Å². The topological polar surface area (TPSA) is 52.6 Å². The monoisotopic (exact) mass is 434 g/mol. The van der Waals surface area contributed by atoms with Crippen LogP contribution in [0, 0.1) is 11.8 Å². The molecule has 0 N–H and O–H groups in total. The maximum atomic E-state index is 14.0. The van der Waals surface area contributed by atoms with E-state index in [1.807, 2.05) is 0 Å². The smallest absolute Gasteiger partial charge is 0.406 e. The van der Waals surface area contributed by atoms with Gasteiger partial charge in [0.05, 0.1) is 12.0 Å². The number of hydrogen-bond donors (Lipinski definition) is 0. The van der Waals surface area contributed by atoms with Crippen molar-refractivity contribution in [2.75, 3.05) is 7.11 Å². The van der Waals surface area contributed by atoms with E-state index in [0.717, 1.165) is 24.3 Å². The van der Waals surface area contributed by atoms with Crippen LogP contribution in [0.1, 0.15) is 22.0 Å². The Kier molecular flexibility index (Phi) is 6.70. The second-order valence-electron chi connectivity index (χ2n) is 6.85. The molecule has 0 amide bonds. The van der Waals surface area contributed by atoms with Gasteiger partial charge in [0.2, 0.25) is 11.6 Å². The molecule has 0 bridgehead atoms. The molecule has 0 spiro atoms. The van der Waals surface area contributed by atoms with Crippen molar-refractivity contribution in [3.63, 3.8) is 0 Å². The van der Waals surface area contributed by atoms with Crippen molar-refractivity contribution >= 4 is 11.6 Å². The predicted molar refractivity (Wildman–Crippen MR) is 104 cm³/mol. The van der Waals surface area contributed by atoms with E-state index in [9.17, 15) is 27.2 Å². The van der Waals surface area contributed by atoms with Crippen molar-refractivity contribution < 1.29 is 36.6 Å². The van der Waals surface area contributed by atoms with Crippen LogP contribution in [-0.2, 0) is 9.53 Å². The largest absolute Gasteiger partial charge is 0.573 e. The van der Waals surface area contributed by atoms with Gasteiger partial charge in [0, 0.05) is 18.6 Å². The van der Waals surface area contributed by atoms with E-state index in [1.165, 1.54) is 37.5 Å². The lowest BCUT2D eigenvalue weighted by atomic mass is 9.77. The maximum Gasteiger partial charge on any atom is 0.573 e. The summed E-state index contributed by atoms with van der Waals surface area (Å²) in [6, 6.07) is 12.8. The van der Waals surface area contributed by atoms with Gasteiger partial charge in [-0.3, -0.25) is 9.59 Å². The average molecular weight is 434 g/mol. The number of methoxy groups -OCH3 is 1. The Morgan fingerprint density at radius 2 is 1.65 bits per heavy atom. The van der Waals surface area contributed by atoms with Crippen LogP contribution in [0.15, 0.2) is 78.7 Å². The summed E-state index contributed by atoms with van der Waals surface area (Å²) in [6.07, 6.45) is -2.01. The Bertz CT molecular complexity index is 994. The molecular weight excluding hydrogens is 416 g/mol. The highest BCUT2D eigenvalue weighted by molar-refractivity contribution is 6.44. The second-order valence-corrected chi connectivity index (χ2v) is 6.85. The lowest BCUT2D eigenvalue weighted by Crippen LogP contribution is -2.33. The first-order valence-corrected chi connectivity index (χ1v) is 9.27. The maximum absolute atomic E-state index is 14.0. The van der Waals surface area contributed by atoms with Crippen molar-refractivity contribution in [3.8, 4) is 5.75 Å². The van der Waals surface area contributed by atoms with Crippen LogP contribution < -0.4 is 4.74 Å². The third kappa shape index (κ3) is 5.46. The molecule has 1 aliphatic carbocycles. The van der Waals surface area contributed by atoms with E-state index in [1.54, 1.807) is 18.2 Å². The molecule has 0 fully saturated rings. The van der Waals surface area contributed by atoms with Gasteiger partial charge in [0.1, 0.15) is 11.6 Å². The number of allylic oxidation sites excluding steroid dienone is 3. The number of carbonyl (C=O) groups is 2. The fraction of sp³-hybridized carbons (Fsp3) is 0.217. The van der Waals surface area contributed by atoms with Gasteiger partial charge in [-0.25, -0.2) is 4.39 Å². The Balaban J connectivity index is 1.88. The van der Waals surface area contributed by atoms with Crippen molar-refractivity contribution in [2.45, 2.75) is 12.5 Å². The van der Waals surface area contributed by atoms with E-state index in [2.05, 4.69) is 4.74 Å². The van der Waals surface area contributed by atoms with Crippen LogP contribution >= 0.6 is 0 Å². The number of carbonyl (C=O) groups excluding carboxylic acids is 2. The molecule has 4 nitrogen and oxygen atoms in total. The zero-order chi connectivity index (χ0) is 22.6. The molecule has 0 heterocycles. The SMILES string of the molecule is COC(c1ccc(OC(F)(F)F)cc1)C1C=CC(F)=CC1C(=O)C(=O)c1ccccc1. The summed E-state index contributed by atoms with van der Waals surface area (Å²) in [7, 11) is 1.36. The molecule has 2 aromatic rings. The predicted octanol–water partition coefficient (Wildman–Crippen LogP) is 5.38. The van der Waals surface area contributed by atoms with E-state index < -0.39 is 47.4 Å². The molecule has 8 heteroatoms. The zero-order valence-electron chi connectivity index (χ0n) is 16.3. The number of ether oxygens (including phenoxy) is 2. The van der Waals surface area contributed by atoms with Gasteiger partial charge in [-0.1, -0.05) is 48.5 Å². The Hall–Kier alpha value is -3.26. The molecule has 162 valence electrons. The standard InChI is InChI=1S/C23H18F4O4/c1-30-22(15-7-10-17(11-8-15)31-23(25,26)27)18-12-9-16(24)13-19(18)21(29)20(28)14-5-3-2-4-6-14/h2-13,18-19,22H,1H3. The summed E-state index contributed by atoms with van der Waals surface area (Å²) < 4.78 is 60.5. The quantitative estimate of drug-likeness (QED) is 0.334. The third-order valence-electron chi connectivity index (χ3n) is 4.84. The van der Waals surface area contributed by atoms with Gasteiger partial charge in [-0.15, -0.1) is 13.2 Å². The van der Waals surface area contributed by atoms with E-state index in [4.69, 9.17) is 4.74 Å². The molecule has 3 atom stereocenters. The molecule has 0 aliphatic heterocycles. The number of hydrogen-bond acceptors (Lipinski definition) is 4. The first-order chi connectivity index (χ1) is 14.7. The molecule has 3 unspecified atom stereocenters. The van der Waals surface area contributed by atoms with E-state index in [-0.39, 0.29) is 5.56 Å². The van der Waals surface area contributed by atoms with Crippen LogP contribution in [0.3, 0.4) is 0 Å². The van der Waals surface area contributed by atoms with Crippen LogP contribution in [0.2, 0.25) is 0 Å². The fourth-order valence-corrected chi connectivity index (χ4v) is 3.46. The van der Waals surface area contributed by atoms with Gasteiger partial charge in [0.25, 0.3) is 0 Å². The highest BCUT2D eigenvalue weighted by Crippen LogP contribution is 2.38. The molecular formula is C23H18F4O4. The second kappa shape index (κ2) is 9.26. The summed E-state index contributed by atoms with van der Waals surface area (Å²) in [6.45, 7) is 0. The zero-order valence-corrected chi connectivity index (χ0v) is 16.3. The number of alkyl halides is 3. The molecule has 0 radical (unpaired) electrons. The van der Waals surface area contributed by atoms with Gasteiger partial charge in [-0.2, -0.15) is 0 Å². The van der Waals surface area contributed by atoms with Crippen molar-refractivity contribution in [2.24, 2.45) is 11.8 Å². The summed E-state index contributed by atoms with van der Waals surface area (Å²) >= 11 is 0. The molecule has 31 heavy (non-hydrogen) atoms.